The van der Waals surface area contributed by atoms with Crippen LogP contribution in [-0.4, -0.2) is 47.1 Å². The van der Waals surface area contributed by atoms with E-state index >= 15 is 0 Å². The van der Waals surface area contributed by atoms with Crippen LogP contribution in [0.1, 0.15) is 83.0 Å². The maximum absolute atomic E-state index is 4.50. The fourth-order valence-electron chi connectivity index (χ4n) is 4.87. The smallest absolute Gasteiger partial charge is 0.191 e. The van der Waals surface area contributed by atoms with Crippen molar-refractivity contribution in [1.29, 1.82) is 0 Å². The van der Waals surface area contributed by atoms with Gasteiger partial charge in [0.2, 0.25) is 0 Å². The third-order valence-electron chi connectivity index (χ3n) is 6.75. The third kappa shape index (κ3) is 6.48. The topological polar surface area (TPSA) is 67.1 Å². The van der Waals surface area contributed by atoms with Gasteiger partial charge in [-0.2, -0.15) is 0 Å². The van der Waals surface area contributed by atoms with Gasteiger partial charge in [0.15, 0.2) is 11.1 Å². The molecule has 0 atom stereocenters. The minimum Gasteiger partial charge on any atom is -0.356 e. The van der Waals surface area contributed by atoms with Gasteiger partial charge in [-0.05, 0) is 50.2 Å². The van der Waals surface area contributed by atoms with E-state index in [1.165, 1.54) is 57.8 Å². The van der Waals surface area contributed by atoms with Crippen LogP contribution in [0.15, 0.2) is 10.1 Å². The molecule has 166 valence electrons. The van der Waals surface area contributed by atoms with Crippen LogP contribution in [0.5, 0.6) is 0 Å². The lowest BCUT2D eigenvalue weighted by Crippen LogP contribution is -2.43. The van der Waals surface area contributed by atoms with E-state index in [2.05, 4.69) is 43.6 Å². The molecule has 0 aliphatic heterocycles. The summed E-state index contributed by atoms with van der Waals surface area (Å²) in [7, 11) is 1.87. The minimum absolute atomic E-state index is 0. The molecule has 1 aromatic rings. The maximum Gasteiger partial charge on any atom is 0.191 e. The Balaban J connectivity index is 0.00000300. The van der Waals surface area contributed by atoms with E-state index in [1.807, 2.05) is 7.05 Å². The molecule has 0 aromatic carbocycles. The van der Waals surface area contributed by atoms with Crippen LogP contribution in [-0.2, 0) is 6.42 Å². The largest absolute Gasteiger partial charge is 0.356 e. The number of nitrogens with zero attached hydrogens (tertiary/aromatic N) is 4. The lowest BCUT2D eigenvalue weighted by molar-refractivity contribution is 0.283. The Morgan fingerprint density at radius 2 is 1.90 bits per heavy atom. The monoisotopic (exact) mass is 534 g/mol. The first-order valence-electron chi connectivity index (χ1n) is 11.1. The number of hydrogen-bond donors (Lipinski definition) is 2. The van der Waals surface area contributed by atoms with Crippen LogP contribution in [0.2, 0.25) is 0 Å². The summed E-state index contributed by atoms with van der Waals surface area (Å²) in [6.45, 7) is 4.27. The molecule has 2 aliphatic rings. The summed E-state index contributed by atoms with van der Waals surface area (Å²) in [6, 6.07) is 0.603. The van der Waals surface area contributed by atoms with Crippen LogP contribution in [0.25, 0.3) is 0 Å². The molecule has 0 bridgehead atoms. The Bertz CT molecular complexity index is 635. The van der Waals surface area contributed by atoms with Crippen LogP contribution >= 0.6 is 35.7 Å². The van der Waals surface area contributed by atoms with Gasteiger partial charge in [0.1, 0.15) is 5.82 Å². The molecule has 0 saturated heterocycles. The molecule has 2 saturated carbocycles. The molecular formula is C21H39IN6S. The van der Waals surface area contributed by atoms with Crippen molar-refractivity contribution in [2.75, 3.05) is 26.4 Å². The summed E-state index contributed by atoms with van der Waals surface area (Å²) in [5.41, 5.74) is 0.476. The highest BCUT2D eigenvalue weighted by molar-refractivity contribution is 14.0. The van der Waals surface area contributed by atoms with Crippen molar-refractivity contribution in [3.8, 4) is 0 Å². The highest BCUT2D eigenvalue weighted by atomic mass is 127. The molecule has 8 heteroatoms. The standard InChI is InChI=1S/C21H38N6S.HI/c1-4-21(13-7-8-14-21)16-24-19(22-2)23-15-9-12-18-25-26-20(28-3)27(18)17-10-5-6-11-17;/h17H,4-16H2,1-3H3,(H2,22,23,24);1H. The van der Waals surface area contributed by atoms with Crippen LogP contribution in [0.4, 0.5) is 0 Å². The Kier molecular flexibility index (Phi) is 10.6. The molecule has 2 N–H and O–H groups in total. The zero-order valence-corrected chi connectivity index (χ0v) is 21.5. The van der Waals surface area contributed by atoms with Crippen molar-refractivity contribution < 1.29 is 0 Å². The number of aliphatic imine (C=N–C) groups is 1. The van der Waals surface area contributed by atoms with Crippen molar-refractivity contribution in [3.63, 3.8) is 0 Å². The fourth-order valence-corrected chi connectivity index (χ4v) is 5.45. The zero-order valence-electron chi connectivity index (χ0n) is 18.4. The second-order valence-electron chi connectivity index (χ2n) is 8.43. The second kappa shape index (κ2) is 12.4. The molecule has 6 nitrogen and oxygen atoms in total. The first-order valence-corrected chi connectivity index (χ1v) is 12.4. The number of rotatable bonds is 9. The van der Waals surface area contributed by atoms with Crippen molar-refractivity contribution in [1.82, 2.24) is 25.4 Å². The average molecular weight is 535 g/mol. The molecular weight excluding hydrogens is 495 g/mol. The lowest BCUT2D eigenvalue weighted by atomic mass is 9.83. The number of thioether (sulfide) groups is 1. The van der Waals surface area contributed by atoms with Gasteiger partial charge in [-0.3, -0.25) is 4.99 Å². The lowest BCUT2D eigenvalue weighted by Gasteiger charge is -2.28. The van der Waals surface area contributed by atoms with Crippen LogP contribution in [0.3, 0.4) is 0 Å². The van der Waals surface area contributed by atoms with E-state index in [0.717, 1.165) is 42.9 Å². The number of guanidine groups is 1. The highest BCUT2D eigenvalue weighted by Crippen LogP contribution is 2.40. The van der Waals surface area contributed by atoms with E-state index in [4.69, 9.17) is 0 Å². The molecule has 0 unspecified atom stereocenters. The van der Waals surface area contributed by atoms with Gasteiger partial charge in [0.05, 0.1) is 0 Å². The van der Waals surface area contributed by atoms with Gasteiger partial charge in [0.25, 0.3) is 0 Å². The summed E-state index contributed by atoms with van der Waals surface area (Å²) >= 11 is 1.72. The Morgan fingerprint density at radius 3 is 2.52 bits per heavy atom. The summed E-state index contributed by atoms with van der Waals surface area (Å²) < 4.78 is 2.41. The summed E-state index contributed by atoms with van der Waals surface area (Å²) in [5.74, 6) is 2.08. The molecule has 29 heavy (non-hydrogen) atoms. The first-order chi connectivity index (χ1) is 13.7. The van der Waals surface area contributed by atoms with E-state index in [-0.39, 0.29) is 24.0 Å². The summed E-state index contributed by atoms with van der Waals surface area (Å²) in [5, 5.41) is 17.1. The van der Waals surface area contributed by atoms with Gasteiger partial charge in [0, 0.05) is 32.6 Å². The van der Waals surface area contributed by atoms with E-state index in [0.29, 0.717) is 11.5 Å². The first kappa shape index (κ1) is 24.8. The number of nitrogens with one attached hydrogen (secondary N) is 2. The number of aromatic nitrogens is 3. The Morgan fingerprint density at radius 1 is 1.17 bits per heavy atom. The SMILES string of the molecule is CCC1(CNC(=NC)NCCCc2nnc(SC)n2C2CCCC2)CCCC1.I. The molecule has 3 rings (SSSR count). The van der Waals surface area contributed by atoms with Gasteiger partial charge in [-0.1, -0.05) is 44.4 Å². The molecule has 0 amide bonds. The van der Waals surface area contributed by atoms with Crippen molar-refractivity contribution in [2.45, 2.75) is 88.8 Å². The van der Waals surface area contributed by atoms with Gasteiger partial charge >= 0.3 is 0 Å². The normalized spacial score (nSPS) is 19.3. The van der Waals surface area contributed by atoms with Gasteiger partial charge < -0.3 is 15.2 Å². The molecule has 0 spiro atoms. The Hall–Kier alpha value is -0.510. The summed E-state index contributed by atoms with van der Waals surface area (Å²) in [4.78, 5) is 4.41. The van der Waals surface area contributed by atoms with E-state index < -0.39 is 0 Å². The van der Waals surface area contributed by atoms with Crippen molar-refractivity contribution in [3.05, 3.63) is 5.82 Å². The van der Waals surface area contributed by atoms with E-state index in [1.54, 1.807) is 11.8 Å². The molecule has 0 radical (unpaired) electrons. The molecule has 1 heterocycles. The van der Waals surface area contributed by atoms with Crippen LogP contribution < -0.4 is 10.6 Å². The van der Waals surface area contributed by atoms with Gasteiger partial charge in [-0.15, -0.1) is 34.2 Å². The number of aryl methyl sites for hydroxylation is 1. The quantitative estimate of drug-likeness (QED) is 0.157. The van der Waals surface area contributed by atoms with E-state index in [9.17, 15) is 0 Å². The fraction of sp³-hybridized carbons (Fsp3) is 0.857. The highest BCUT2D eigenvalue weighted by Gasteiger charge is 2.31. The maximum atomic E-state index is 4.50. The van der Waals surface area contributed by atoms with Crippen molar-refractivity contribution in [2.24, 2.45) is 10.4 Å². The molecule has 2 fully saturated rings. The Labute approximate surface area is 197 Å². The number of hydrogen-bond acceptors (Lipinski definition) is 4. The number of halogens is 1. The average Bonchev–Trinajstić information content (AvgIpc) is 3.47. The molecule has 1 aromatic heterocycles. The predicted octanol–water partition coefficient (Wildman–Crippen LogP) is 4.80. The zero-order chi connectivity index (χ0) is 19.8. The van der Waals surface area contributed by atoms with Gasteiger partial charge in [-0.25, -0.2) is 0 Å². The second-order valence-corrected chi connectivity index (χ2v) is 9.20. The predicted molar refractivity (Wildman–Crippen MR) is 134 cm³/mol. The molecule has 2 aliphatic carbocycles. The summed E-state index contributed by atoms with van der Waals surface area (Å²) in [6.07, 6.45) is 16.0. The van der Waals surface area contributed by atoms with Crippen molar-refractivity contribution >= 4 is 41.7 Å². The third-order valence-corrected chi connectivity index (χ3v) is 7.39. The minimum atomic E-state index is 0. The van der Waals surface area contributed by atoms with Crippen LogP contribution in [0, 0.1) is 5.41 Å².